The van der Waals surface area contributed by atoms with Gasteiger partial charge in [-0.3, -0.25) is 14.4 Å². The second-order valence-corrected chi connectivity index (χ2v) is 6.79. The molecule has 130 valence electrons. The molecule has 1 saturated heterocycles. The molecule has 24 heavy (non-hydrogen) atoms. The number of hydrogen-bond acceptors (Lipinski definition) is 4. The van der Waals surface area contributed by atoms with Gasteiger partial charge in [-0.15, -0.1) is 0 Å². The lowest BCUT2D eigenvalue weighted by atomic mass is 10.1. The molecule has 1 heterocycles. The number of aliphatic carboxylic acids is 1. The summed E-state index contributed by atoms with van der Waals surface area (Å²) in [4.78, 5) is 36.8. The van der Waals surface area contributed by atoms with Gasteiger partial charge in [-0.05, 0) is 18.6 Å². The highest BCUT2D eigenvalue weighted by Gasteiger charge is 2.28. The second-order valence-electron chi connectivity index (χ2n) is 5.64. The normalized spacial score (nSPS) is 17.3. The van der Waals surface area contributed by atoms with Crippen LogP contribution in [0.15, 0.2) is 30.3 Å². The molecule has 1 unspecified atom stereocenters. The molecule has 1 fully saturated rings. The first-order valence-corrected chi connectivity index (χ1v) is 9.15. The smallest absolute Gasteiger partial charge is 0.305 e. The van der Waals surface area contributed by atoms with Gasteiger partial charge < -0.3 is 15.3 Å². The zero-order valence-corrected chi connectivity index (χ0v) is 14.3. The van der Waals surface area contributed by atoms with E-state index in [1.807, 2.05) is 6.07 Å². The van der Waals surface area contributed by atoms with E-state index >= 15 is 0 Å². The first-order chi connectivity index (χ1) is 11.6. The largest absolute Gasteiger partial charge is 0.481 e. The van der Waals surface area contributed by atoms with Crippen molar-refractivity contribution in [3.63, 3.8) is 0 Å². The lowest BCUT2D eigenvalue weighted by molar-refractivity contribution is -0.140. The van der Waals surface area contributed by atoms with Crippen LogP contribution in [0.5, 0.6) is 0 Å². The van der Waals surface area contributed by atoms with Gasteiger partial charge >= 0.3 is 5.97 Å². The minimum Gasteiger partial charge on any atom is -0.481 e. The lowest BCUT2D eigenvalue weighted by Gasteiger charge is -2.34. The van der Waals surface area contributed by atoms with Gasteiger partial charge in [0.2, 0.25) is 5.91 Å². The number of rotatable bonds is 7. The summed E-state index contributed by atoms with van der Waals surface area (Å²) in [5.74, 6) is 0.446. The zero-order chi connectivity index (χ0) is 17.4. The third kappa shape index (κ3) is 5.56. The molecule has 6 nitrogen and oxygen atoms in total. The number of carboxylic acid groups (broad SMARTS) is 1. The average molecular weight is 350 g/mol. The molecule has 0 aliphatic carbocycles. The maximum atomic E-state index is 12.3. The highest BCUT2D eigenvalue weighted by molar-refractivity contribution is 7.99. The van der Waals surface area contributed by atoms with Crippen molar-refractivity contribution in [2.75, 3.05) is 24.6 Å². The van der Waals surface area contributed by atoms with Crippen molar-refractivity contribution in [2.45, 2.75) is 25.3 Å². The van der Waals surface area contributed by atoms with Crippen molar-refractivity contribution >= 4 is 29.5 Å². The lowest BCUT2D eigenvalue weighted by Crippen LogP contribution is -2.47. The van der Waals surface area contributed by atoms with Gasteiger partial charge in [-0.25, -0.2) is 0 Å². The van der Waals surface area contributed by atoms with E-state index in [4.69, 9.17) is 5.11 Å². The molecule has 1 aliphatic heterocycles. The predicted molar refractivity (Wildman–Crippen MR) is 93.1 cm³/mol. The van der Waals surface area contributed by atoms with E-state index in [0.717, 1.165) is 5.75 Å². The molecule has 0 aromatic heterocycles. The summed E-state index contributed by atoms with van der Waals surface area (Å²) >= 11 is 1.68. The Labute approximate surface area is 145 Å². The maximum absolute atomic E-state index is 12.3. The molecule has 0 radical (unpaired) electrons. The monoisotopic (exact) mass is 350 g/mol. The third-order valence-corrected chi connectivity index (χ3v) is 4.94. The van der Waals surface area contributed by atoms with E-state index in [-0.39, 0.29) is 24.3 Å². The van der Waals surface area contributed by atoms with Crippen molar-refractivity contribution in [3.8, 4) is 0 Å². The Hall–Kier alpha value is -2.02. The molecular formula is C17H22N2O4S. The predicted octanol–water partition coefficient (Wildman–Crippen LogP) is 1.62. The first-order valence-electron chi connectivity index (χ1n) is 8.00. The van der Waals surface area contributed by atoms with Crippen molar-refractivity contribution < 1.29 is 19.5 Å². The van der Waals surface area contributed by atoms with Crippen LogP contribution < -0.4 is 5.32 Å². The summed E-state index contributed by atoms with van der Waals surface area (Å²) in [6.07, 6.45) is 0.847. The maximum Gasteiger partial charge on any atom is 0.305 e. The molecule has 2 rings (SSSR count). The summed E-state index contributed by atoms with van der Waals surface area (Å²) in [7, 11) is 0. The topological polar surface area (TPSA) is 86.7 Å². The molecule has 2 N–H and O–H groups in total. The van der Waals surface area contributed by atoms with Crippen LogP contribution in [0.2, 0.25) is 0 Å². The van der Waals surface area contributed by atoms with Crippen molar-refractivity contribution in [2.24, 2.45) is 0 Å². The summed E-state index contributed by atoms with van der Waals surface area (Å²) < 4.78 is 0. The highest BCUT2D eigenvalue weighted by atomic mass is 32.2. The Balaban J connectivity index is 1.74. The molecule has 2 amide bonds. The number of nitrogens with zero attached hydrogens (tertiary/aromatic N) is 1. The van der Waals surface area contributed by atoms with Gasteiger partial charge in [-0.1, -0.05) is 18.2 Å². The second kappa shape index (κ2) is 9.32. The van der Waals surface area contributed by atoms with E-state index in [0.29, 0.717) is 37.2 Å². The first kappa shape index (κ1) is 18.3. The van der Waals surface area contributed by atoms with Crippen LogP contribution in [0, 0.1) is 0 Å². The highest BCUT2D eigenvalue weighted by Crippen LogP contribution is 2.20. The minimum absolute atomic E-state index is 0.0104. The fourth-order valence-electron chi connectivity index (χ4n) is 2.63. The Kier molecular flexibility index (Phi) is 7.11. The minimum atomic E-state index is -0.879. The fraction of sp³-hybridized carbons (Fsp3) is 0.471. The summed E-state index contributed by atoms with van der Waals surface area (Å²) in [5.41, 5.74) is 0.596. The molecule has 1 aromatic rings. The van der Waals surface area contributed by atoms with Crippen molar-refractivity contribution in [3.05, 3.63) is 35.9 Å². The number of thioether (sulfide) groups is 1. The number of carboxylic acids is 1. The summed E-state index contributed by atoms with van der Waals surface area (Å²) in [6, 6.07) is 8.70. The number of benzene rings is 1. The van der Waals surface area contributed by atoms with Crippen LogP contribution in [0.4, 0.5) is 0 Å². The third-order valence-electron chi connectivity index (χ3n) is 3.85. The number of amides is 2. The van der Waals surface area contributed by atoms with Crippen LogP contribution in [0.1, 0.15) is 29.6 Å². The number of hydrogen-bond donors (Lipinski definition) is 2. The molecule has 1 aliphatic rings. The summed E-state index contributed by atoms with van der Waals surface area (Å²) in [5, 5.41) is 11.7. The van der Waals surface area contributed by atoms with E-state index in [1.54, 1.807) is 40.9 Å². The van der Waals surface area contributed by atoms with E-state index in [2.05, 4.69) is 5.32 Å². The Bertz CT molecular complexity index is 579. The van der Waals surface area contributed by atoms with Crippen LogP contribution in [0.3, 0.4) is 0 Å². The van der Waals surface area contributed by atoms with Gasteiger partial charge in [0.05, 0.1) is 12.5 Å². The number of carbonyl (C=O) groups excluding carboxylic acids is 2. The molecule has 1 aromatic carbocycles. The SMILES string of the molecule is O=C(O)CC1CSCCN1C(=O)CCCNC(=O)c1ccccc1. The van der Waals surface area contributed by atoms with E-state index in [9.17, 15) is 14.4 Å². The van der Waals surface area contributed by atoms with Gasteiger partial charge in [0.25, 0.3) is 5.91 Å². The molecular weight excluding hydrogens is 328 g/mol. The Morgan fingerprint density at radius 1 is 1.25 bits per heavy atom. The molecule has 0 bridgehead atoms. The Morgan fingerprint density at radius 2 is 2.00 bits per heavy atom. The van der Waals surface area contributed by atoms with Crippen molar-refractivity contribution in [1.82, 2.24) is 10.2 Å². The van der Waals surface area contributed by atoms with Gasteiger partial charge in [0, 0.05) is 36.6 Å². The van der Waals surface area contributed by atoms with Crippen LogP contribution >= 0.6 is 11.8 Å². The average Bonchev–Trinajstić information content (AvgIpc) is 2.59. The van der Waals surface area contributed by atoms with E-state index < -0.39 is 5.97 Å². The molecule has 1 atom stereocenters. The van der Waals surface area contributed by atoms with Gasteiger partial charge in [0.1, 0.15) is 0 Å². The fourth-order valence-corrected chi connectivity index (χ4v) is 3.69. The van der Waals surface area contributed by atoms with Gasteiger partial charge in [0.15, 0.2) is 0 Å². The number of carbonyl (C=O) groups is 3. The Morgan fingerprint density at radius 3 is 2.71 bits per heavy atom. The quantitative estimate of drug-likeness (QED) is 0.730. The van der Waals surface area contributed by atoms with Crippen LogP contribution in [-0.2, 0) is 9.59 Å². The summed E-state index contributed by atoms with van der Waals surface area (Å²) in [6.45, 7) is 1.02. The van der Waals surface area contributed by atoms with Crippen molar-refractivity contribution in [1.29, 1.82) is 0 Å². The molecule has 0 saturated carbocycles. The van der Waals surface area contributed by atoms with E-state index in [1.165, 1.54) is 0 Å². The zero-order valence-electron chi connectivity index (χ0n) is 13.4. The van der Waals surface area contributed by atoms with Crippen LogP contribution in [-0.4, -0.2) is 58.4 Å². The molecule has 7 heteroatoms. The molecule has 0 spiro atoms. The number of nitrogens with one attached hydrogen (secondary N) is 1. The van der Waals surface area contributed by atoms with Gasteiger partial charge in [-0.2, -0.15) is 11.8 Å². The van der Waals surface area contributed by atoms with Crippen LogP contribution in [0.25, 0.3) is 0 Å². The standard InChI is InChI=1S/C17H22N2O4S/c20-15(19-9-10-24-12-14(19)11-16(21)22)7-4-8-18-17(23)13-5-2-1-3-6-13/h1-3,5-6,14H,4,7-12H2,(H,18,23)(H,21,22).